The number of amides is 1. The van der Waals surface area contributed by atoms with Gasteiger partial charge in [0.05, 0.1) is 32.4 Å². The number of likely N-dealkylation sites (N-methyl/N-ethyl adjacent to an activating group) is 1. The summed E-state index contributed by atoms with van der Waals surface area (Å²) in [6.07, 6.45) is 1.09. The van der Waals surface area contributed by atoms with Gasteiger partial charge in [0.25, 0.3) is 0 Å². The quantitative estimate of drug-likeness (QED) is 0.259. The summed E-state index contributed by atoms with van der Waals surface area (Å²) < 4.78 is 11.5. The van der Waals surface area contributed by atoms with Crippen LogP contribution in [0.2, 0.25) is 0 Å². The van der Waals surface area contributed by atoms with E-state index in [1.165, 1.54) is 0 Å². The molecule has 1 atom stereocenters. The highest BCUT2D eigenvalue weighted by molar-refractivity contribution is 14.0. The molecule has 1 aliphatic heterocycles. The first kappa shape index (κ1) is 28.4. The zero-order valence-corrected chi connectivity index (χ0v) is 22.5. The maximum Gasteiger partial charge on any atom is 0.241 e. The van der Waals surface area contributed by atoms with Gasteiger partial charge in [-0.05, 0) is 31.9 Å². The maximum absolute atomic E-state index is 12.0. The number of guanidine groups is 1. The molecular weight excluding hydrogens is 521 g/mol. The number of carbonyl (C=O) groups is 1. The number of morpholine rings is 1. The molecule has 0 saturated carbocycles. The van der Waals surface area contributed by atoms with Gasteiger partial charge in [0.15, 0.2) is 5.96 Å². The highest BCUT2D eigenvalue weighted by atomic mass is 127. The SMILES string of the molecule is CCC(C)Oc1cc(C)ccc1CN=C(NCCN1CCOCC1)NCC(=O)N(C)C.I. The van der Waals surface area contributed by atoms with Gasteiger partial charge < -0.3 is 25.0 Å². The van der Waals surface area contributed by atoms with Gasteiger partial charge in [0, 0.05) is 45.8 Å². The molecule has 2 rings (SSSR count). The first-order valence-electron chi connectivity index (χ1n) is 11.2. The highest BCUT2D eigenvalue weighted by Crippen LogP contribution is 2.23. The van der Waals surface area contributed by atoms with Crippen LogP contribution >= 0.6 is 24.0 Å². The topological polar surface area (TPSA) is 78.4 Å². The van der Waals surface area contributed by atoms with Gasteiger partial charge in [0.2, 0.25) is 5.91 Å². The first-order chi connectivity index (χ1) is 14.9. The van der Waals surface area contributed by atoms with Crippen molar-refractivity contribution in [2.75, 3.05) is 60.0 Å². The van der Waals surface area contributed by atoms with Gasteiger partial charge in [-0.15, -0.1) is 24.0 Å². The second-order valence-corrected chi connectivity index (χ2v) is 8.14. The molecule has 0 bridgehead atoms. The largest absolute Gasteiger partial charge is 0.490 e. The van der Waals surface area contributed by atoms with E-state index >= 15 is 0 Å². The van der Waals surface area contributed by atoms with E-state index in [2.05, 4.69) is 54.5 Å². The van der Waals surface area contributed by atoms with Crippen molar-refractivity contribution in [2.24, 2.45) is 4.99 Å². The Morgan fingerprint density at radius 2 is 2.00 bits per heavy atom. The fourth-order valence-electron chi connectivity index (χ4n) is 3.02. The zero-order valence-electron chi connectivity index (χ0n) is 20.1. The third kappa shape index (κ3) is 10.4. The summed E-state index contributed by atoms with van der Waals surface area (Å²) >= 11 is 0. The minimum absolute atomic E-state index is 0. The van der Waals surface area contributed by atoms with Crippen LogP contribution in [0.5, 0.6) is 5.75 Å². The maximum atomic E-state index is 12.0. The fourth-order valence-corrected chi connectivity index (χ4v) is 3.02. The van der Waals surface area contributed by atoms with Crippen molar-refractivity contribution in [2.45, 2.75) is 39.8 Å². The van der Waals surface area contributed by atoms with Crippen LogP contribution in [0, 0.1) is 6.92 Å². The van der Waals surface area contributed by atoms with Crippen molar-refractivity contribution >= 4 is 35.8 Å². The second kappa shape index (κ2) is 15.3. The number of halogens is 1. The Bertz CT molecular complexity index is 724. The number of aryl methyl sites for hydroxylation is 1. The molecular formula is C23H40IN5O3. The Hall–Kier alpha value is -1.59. The van der Waals surface area contributed by atoms with E-state index in [0.717, 1.165) is 62.7 Å². The van der Waals surface area contributed by atoms with Crippen molar-refractivity contribution < 1.29 is 14.3 Å². The number of aliphatic imine (C=N–C) groups is 1. The van der Waals surface area contributed by atoms with Crippen LogP contribution in [-0.2, 0) is 16.1 Å². The highest BCUT2D eigenvalue weighted by Gasteiger charge is 2.12. The van der Waals surface area contributed by atoms with E-state index in [9.17, 15) is 4.79 Å². The van der Waals surface area contributed by atoms with E-state index < -0.39 is 0 Å². The Morgan fingerprint density at radius 3 is 2.66 bits per heavy atom. The van der Waals surface area contributed by atoms with Crippen LogP contribution in [0.15, 0.2) is 23.2 Å². The molecule has 1 saturated heterocycles. The normalized spacial score (nSPS) is 15.5. The molecule has 1 heterocycles. The number of nitrogens with one attached hydrogen (secondary N) is 2. The molecule has 9 heteroatoms. The standard InChI is InChI=1S/C23H39N5O3.HI/c1-6-19(3)31-21-15-18(2)7-8-20(21)16-25-23(26-17-22(29)27(4)5)24-9-10-28-11-13-30-14-12-28;/h7-8,15,19H,6,9-14,16-17H2,1-5H3,(H2,24,25,26);1H. The van der Waals surface area contributed by atoms with E-state index in [0.29, 0.717) is 12.5 Å². The molecule has 1 amide bonds. The number of carbonyl (C=O) groups excluding carboxylic acids is 1. The molecule has 1 aromatic carbocycles. The van der Waals surface area contributed by atoms with Crippen LogP contribution in [0.3, 0.4) is 0 Å². The van der Waals surface area contributed by atoms with Gasteiger partial charge in [-0.25, -0.2) is 4.99 Å². The fraction of sp³-hybridized carbons (Fsp3) is 0.652. The van der Waals surface area contributed by atoms with Gasteiger partial charge in [-0.2, -0.15) is 0 Å². The minimum Gasteiger partial charge on any atom is -0.490 e. The Kier molecular flexibility index (Phi) is 13.6. The van der Waals surface area contributed by atoms with Gasteiger partial charge in [-0.3, -0.25) is 9.69 Å². The average molecular weight is 562 g/mol. The predicted molar refractivity (Wildman–Crippen MR) is 140 cm³/mol. The molecule has 1 fully saturated rings. The summed E-state index contributed by atoms with van der Waals surface area (Å²) in [5.74, 6) is 1.49. The summed E-state index contributed by atoms with van der Waals surface area (Å²) in [4.78, 5) is 20.7. The van der Waals surface area contributed by atoms with Gasteiger partial charge in [0.1, 0.15) is 5.75 Å². The number of hydrogen-bond acceptors (Lipinski definition) is 5. The lowest BCUT2D eigenvalue weighted by molar-refractivity contribution is -0.127. The predicted octanol–water partition coefficient (Wildman–Crippen LogP) is 2.25. The third-order valence-corrected chi connectivity index (χ3v) is 5.26. The molecule has 1 aromatic rings. The van der Waals surface area contributed by atoms with Gasteiger partial charge in [-0.1, -0.05) is 19.1 Å². The molecule has 0 aliphatic carbocycles. The molecule has 2 N–H and O–H groups in total. The zero-order chi connectivity index (χ0) is 22.6. The lowest BCUT2D eigenvalue weighted by atomic mass is 10.1. The summed E-state index contributed by atoms with van der Waals surface area (Å²) in [7, 11) is 3.50. The van der Waals surface area contributed by atoms with Crippen LogP contribution in [0.4, 0.5) is 0 Å². The summed E-state index contributed by atoms with van der Waals surface area (Å²) in [5.41, 5.74) is 2.18. The van der Waals surface area contributed by atoms with Crippen LogP contribution < -0.4 is 15.4 Å². The van der Waals surface area contributed by atoms with Crippen molar-refractivity contribution in [3.8, 4) is 5.75 Å². The molecule has 32 heavy (non-hydrogen) atoms. The van der Waals surface area contributed by atoms with E-state index in [4.69, 9.17) is 14.5 Å². The lowest BCUT2D eigenvalue weighted by Gasteiger charge is -2.26. The Morgan fingerprint density at radius 1 is 1.28 bits per heavy atom. The molecule has 0 radical (unpaired) electrons. The Balaban J connectivity index is 0.00000512. The monoisotopic (exact) mass is 561 g/mol. The smallest absolute Gasteiger partial charge is 0.241 e. The van der Waals surface area contributed by atoms with E-state index in [-0.39, 0.29) is 42.5 Å². The Labute approximate surface area is 210 Å². The number of benzene rings is 1. The van der Waals surface area contributed by atoms with Crippen LogP contribution in [0.1, 0.15) is 31.4 Å². The molecule has 0 aromatic heterocycles. The first-order valence-corrected chi connectivity index (χ1v) is 11.2. The van der Waals surface area contributed by atoms with Gasteiger partial charge >= 0.3 is 0 Å². The molecule has 182 valence electrons. The third-order valence-electron chi connectivity index (χ3n) is 5.26. The number of ether oxygens (including phenoxy) is 2. The number of nitrogens with zero attached hydrogens (tertiary/aromatic N) is 3. The minimum atomic E-state index is -0.00110. The lowest BCUT2D eigenvalue weighted by Crippen LogP contribution is -2.46. The second-order valence-electron chi connectivity index (χ2n) is 8.14. The summed E-state index contributed by atoms with van der Waals surface area (Å²) in [5, 5.41) is 6.51. The van der Waals surface area contributed by atoms with Crippen LogP contribution in [-0.4, -0.2) is 87.8 Å². The van der Waals surface area contributed by atoms with E-state index in [1.807, 2.05) is 0 Å². The molecule has 1 unspecified atom stereocenters. The van der Waals surface area contributed by atoms with Crippen molar-refractivity contribution in [3.05, 3.63) is 29.3 Å². The molecule has 1 aliphatic rings. The van der Waals surface area contributed by atoms with Crippen molar-refractivity contribution in [1.29, 1.82) is 0 Å². The average Bonchev–Trinajstić information content (AvgIpc) is 2.76. The van der Waals surface area contributed by atoms with E-state index in [1.54, 1.807) is 19.0 Å². The molecule has 8 nitrogen and oxygen atoms in total. The molecule has 0 spiro atoms. The number of hydrogen-bond donors (Lipinski definition) is 2. The summed E-state index contributed by atoms with van der Waals surface area (Å²) in [6, 6.07) is 6.20. The van der Waals surface area contributed by atoms with Crippen LogP contribution in [0.25, 0.3) is 0 Å². The number of rotatable bonds is 10. The van der Waals surface area contributed by atoms with Crippen molar-refractivity contribution in [1.82, 2.24) is 20.4 Å². The van der Waals surface area contributed by atoms with Crippen molar-refractivity contribution in [3.63, 3.8) is 0 Å². The summed E-state index contributed by atoms with van der Waals surface area (Å²) in [6.45, 7) is 12.0.